The number of likely N-dealkylation sites (tertiary alicyclic amines) is 2. The van der Waals surface area contributed by atoms with Crippen molar-refractivity contribution in [2.75, 3.05) is 32.1 Å². The average molecular weight is 483 g/mol. The third-order valence-corrected chi connectivity index (χ3v) is 8.06. The molecule has 172 valence electrons. The SMILES string of the molecule is CCc1cc(Cl)cc(-c2ccnc3cc(CN4C(=O)CCC4=O)sc23)c1N(C)C1CN(C)C1. The highest BCUT2D eigenvalue weighted by Gasteiger charge is 2.31. The number of carbonyl (C=O) groups is 2. The Morgan fingerprint density at radius 3 is 2.55 bits per heavy atom. The molecule has 0 atom stereocenters. The molecule has 1 aromatic carbocycles. The molecule has 2 aliphatic rings. The van der Waals surface area contributed by atoms with Crippen LogP contribution in [0.25, 0.3) is 21.3 Å². The molecule has 3 aromatic rings. The highest BCUT2D eigenvalue weighted by molar-refractivity contribution is 7.19. The highest BCUT2D eigenvalue weighted by Crippen LogP contribution is 2.43. The van der Waals surface area contributed by atoms with Gasteiger partial charge >= 0.3 is 0 Å². The number of hydrogen-bond acceptors (Lipinski definition) is 6. The standard InChI is InChI=1S/C25H27ClN4O2S/c1-4-15-9-16(26)10-20(24(15)29(3)17-12-28(2)13-17)19-7-8-27-21-11-18(33-25(19)21)14-30-22(31)5-6-23(30)32/h7-11,17H,4-6,12-14H2,1-3H3. The Morgan fingerprint density at radius 2 is 1.88 bits per heavy atom. The number of carbonyl (C=O) groups excluding carboxylic acids is 2. The van der Waals surface area contributed by atoms with E-state index in [-0.39, 0.29) is 11.8 Å². The van der Waals surface area contributed by atoms with Crippen LogP contribution in [0, 0.1) is 0 Å². The number of fused-ring (bicyclic) bond motifs is 1. The van der Waals surface area contributed by atoms with Crippen LogP contribution in [0.2, 0.25) is 5.02 Å². The van der Waals surface area contributed by atoms with Gasteiger partial charge in [-0.3, -0.25) is 19.5 Å². The summed E-state index contributed by atoms with van der Waals surface area (Å²) in [6.45, 7) is 4.55. The van der Waals surface area contributed by atoms with Crippen molar-refractivity contribution in [2.24, 2.45) is 0 Å². The zero-order chi connectivity index (χ0) is 23.3. The van der Waals surface area contributed by atoms with Crippen LogP contribution in [0.4, 0.5) is 5.69 Å². The fourth-order valence-electron chi connectivity index (χ4n) is 4.87. The van der Waals surface area contributed by atoms with Gasteiger partial charge in [0.2, 0.25) is 11.8 Å². The lowest BCUT2D eigenvalue weighted by molar-refractivity contribution is -0.138. The first-order valence-electron chi connectivity index (χ1n) is 11.3. The van der Waals surface area contributed by atoms with E-state index in [1.54, 1.807) is 11.3 Å². The molecule has 2 aromatic heterocycles. The molecule has 0 saturated carbocycles. The third-order valence-electron chi connectivity index (χ3n) is 6.70. The number of nitrogens with zero attached hydrogens (tertiary/aromatic N) is 4. The predicted molar refractivity (Wildman–Crippen MR) is 134 cm³/mol. The largest absolute Gasteiger partial charge is 0.368 e. The predicted octanol–water partition coefficient (Wildman–Crippen LogP) is 4.58. The fourth-order valence-corrected chi connectivity index (χ4v) is 6.24. The smallest absolute Gasteiger partial charge is 0.230 e. The van der Waals surface area contributed by atoms with Gasteiger partial charge in [-0.15, -0.1) is 11.3 Å². The fraction of sp³-hybridized carbons (Fsp3) is 0.400. The maximum atomic E-state index is 12.1. The molecule has 2 fully saturated rings. The molecule has 0 unspecified atom stereocenters. The van der Waals surface area contributed by atoms with Crippen LogP contribution in [-0.2, 0) is 22.6 Å². The van der Waals surface area contributed by atoms with Crippen molar-refractivity contribution in [3.63, 3.8) is 0 Å². The van der Waals surface area contributed by atoms with Gasteiger partial charge in [0.15, 0.2) is 0 Å². The van der Waals surface area contributed by atoms with Crippen LogP contribution in [0.3, 0.4) is 0 Å². The summed E-state index contributed by atoms with van der Waals surface area (Å²) in [6, 6.07) is 8.63. The second-order valence-corrected chi connectivity index (χ2v) is 10.5. The van der Waals surface area contributed by atoms with Gasteiger partial charge in [0.1, 0.15) is 0 Å². The average Bonchev–Trinajstić information content (AvgIpc) is 3.33. The van der Waals surface area contributed by atoms with E-state index in [4.69, 9.17) is 11.6 Å². The van der Waals surface area contributed by atoms with Crippen LogP contribution in [0.15, 0.2) is 30.5 Å². The van der Waals surface area contributed by atoms with Crippen molar-refractivity contribution < 1.29 is 9.59 Å². The lowest BCUT2D eigenvalue weighted by atomic mass is 9.96. The number of aryl methyl sites for hydroxylation is 1. The lowest BCUT2D eigenvalue weighted by Crippen LogP contribution is -2.57. The zero-order valence-corrected chi connectivity index (χ0v) is 20.7. The van der Waals surface area contributed by atoms with Crippen molar-refractivity contribution in [2.45, 2.75) is 38.8 Å². The second kappa shape index (κ2) is 8.70. The summed E-state index contributed by atoms with van der Waals surface area (Å²) in [5.74, 6) is -0.190. The monoisotopic (exact) mass is 482 g/mol. The van der Waals surface area contributed by atoms with Gasteiger partial charge < -0.3 is 9.80 Å². The minimum absolute atomic E-state index is 0.0950. The number of rotatable bonds is 6. The van der Waals surface area contributed by atoms with Gasteiger partial charge in [0.05, 0.1) is 22.8 Å². The Kier molecular flexibility index (Phi) is 5.89. The number of thiophene rings is 1. The Morgan fingerprint density at radius 1 is 1.15 bits per heavy atom. The van der Waals surface area contributed by atoms with E-state index >= 15 is 0 Å². The molecular weight excluding hydrogens is 456 g/mol. The molecule has 2 amide bonds. The molecule has 5 rings (SSSR count). The van der Waals surface area contributed by atoms with E-state index in [1.807, 2.05) is 18.3 Å². The molecule has 0 radical (unpaired) electrons. The van der Waals surface area contributed by atoms with E-state index in [2.05, 4.69) is 47.9 Å². The molecule has 8 heteroatoms. The summed E-state index contributed by atoms with van der Waals surface area (Å²) in [5.41, 5.74) is 5.51. The third kappa shape index (κ3) is 4.03. The number of anilines is 1. The molecule has 33 heavy (non-hydrogen) atoms. The first-order valence-corrected chi connectivity index (χ1v) is 12.5. The molecule has 2 saturated heterocycles. The minimum Gasteiger partial charge on any atom is -0.368 e. The Labute approximate surface area is 202 Å². The quantitative estimate of drug-likeness (QED) is 0.481. The number of pyridine rings is 1. The van der Waals surface area contributed by atoms with E-state index < -0.39 is 0 Å². The van der Waals surface area contributed by atoms with Gasteiger partial charge in [-0.1, -0.05) is 18.5 Å². The molecule has 0 spiro atoms. The van der Waals surface area contributed by atoms with E-state index in [1.165, 1.54) is 16.2 Å². The zero-order valence-electron chi connectivity index (χ0n) is 19.1. The molecule has 0 N–H and O–H groups in total. The topological polar surface area (TPSA) is 56.8 Å². The number of aromatic nitrogens is 1. The summed E-state index contributed by atoms with van der Waals surface area (Å²) in [7, 11) is 4.32. The van der Waals surface area contributed by atoms with Crippen LogP contribution >= 0.6 is 22.9 Å². The second-order valence-electron chi connectivity index (χ2n) is 8.96. The lowest BCUT2D eigenvalue weighted by Gasteiger charge is -2.44. The molecule has 2 aliphatic heterocycles. The summed E-state index contributed by atoms with van der Waals surface area (Å²) in [4.78, 5) is 35.8. The van der Waals surface area contributed by atoms with Gasteiger partial charge in [-0.25, -0.2) is 0 Å². The minimum atomic E-state index is -0.0950. The van der Waals surface area contributed by atoms with E-state index in [0.717, 1.165) is 50.8 Å². The summed E-state index contributed by atoms with van der Waals surface area (Å²) in [5, 5.41) is 0.722. The number of likely N-dealkylation sites (N-methyl/N-ethyl adjacent to an activating group) is 2. The van der Waals surface area contributed by atoms with Crippen molar-refractivity contribution in [1.29, 1.82) is 0 Å². The van der Waals surface area contributed by atoms with Crippen molar-refractivity contribution in [3.8, 4) is 11.1 Å². The number of imide groups is 1. The summed E-state index contributed by atoms with van der Waals surface area (Å²) in [6.07, 6.45) is 3.33. The van der Waals surface area contributed by atoms with E-state index in [9.17, 15) is 9.59 Å². The Bertz CT molecular complexity index is 1230. The maximum absolute atomic E-state index is 12.1. The first kappa shape index (κ1) is 22.3. The van der Waals surface area contributed by atoms with E-state index in [0.29, 0.717) is 25.4 Å². The number of halogens is 1. The highest BCUT2D eigenvalue weighted by atomic mass is 35.5. The van der Waals surface area contributed by atoms with Crippen LogP contribution in [0.1, 0.15) is 30.2 Å². The summed E-state index contributed by atoms with van der Waals surface area (Å²) < 4.78 is 1.05. The number of benzene rings is 1. The normalized spacial score (nSPS) is 17.3. The molecule has 4 heterocycles. The van der Waals surface area contributed by atoms with Gasteiger partial charge in [0, 0.05) is 65.9 Å². The Hall–Kier alpha value is -2.48. The van der Waals surface area contributed by atoms with Crippen molar-refractivity contribution in [1.82, 2.24) is 14.8 Å². The molecular formula is C25H27ClN4O2S. The molecule has 6 nitrogen and oxygen atoms in total. The number of amides is 2. The number of hydrogen-bond donors (Lipinski definition) is 0. The summed E-state index contributed by atoms with van der Waals surface area (Å²) >= 11 is 8.19. The maximum Gasteiger partial charge on any atom is 0.230 e. The van der Waals surface area contributed by atoms with Crippen LogP contribution in [-0.4, -0.2) is 59.8 Å². The van der Waals surface area contributed by atoms with Crippen molar-refractivity contribution >= 4 is 50.7 Å². The van der Waals surface area contributed by atoms with Crippen molar-refractivity contribution in [3.05, 3.63) is 45.9 Å². The van der Waals surface area contributed by atoms with Gasteiger partial charge in [-0.2, -0.15) is 0 Å². The van der Waals surface area contributed by atoms with Gasteiger partial charge in [0.25, 0.3) is 0 Å². The molecule has 0 aliphatic carbocycles. The van der Waals surface area contributed by atoms with Crippen LogP contribution < -0.4 is 4.90 Å². The molecule has 0 bridgehead atoms. The first-order chi connectivity index (χ1) is 15.9. The van der Waals surface area contributed by atoms with Crippen LogP contribution in [0.5, 0.6) is 0 Å². The van der Waals surface area contributed by atoms with Gasteiger partial charge in [-0.05, 0) is 43.3 Å². The Balaban J connectivity index is 1.60.